The van der Waals surface area contributed by atoms with Crippen LogP contribution in [0.4, 0.5) is 0 Å². The van der Waals surface area contributed by atoms with Crippen molar-refractivity contribution in [3.63, 3.8) is 0 Å². The summed E-state index contributed by atoms with van der Waals surface area (Å²) in [6.07, 6.45) is 7.27. The van der Waals surface area contributed by atoms with Crippen LogP contribution in [0.25, 0.3) is 17.0 Å². The van der Waals surface area contributed by atoms with Gasteiger partial charge in [0.15, 0.2) is 17.8 Å². The van der Waals surface area contributed by atoms with Crippen molar-refractivity contribution < 1.29 is 4.79 Å². The predicted octanol–water partition coefficient (Wildman–Crippen LogP) is 0.956. The topological polar surface area (TPSA) is 76.5 Å². The molecule has 0 atom stereocenters. The average molecular weight is 213 g/mol. The summed E-state index contributed by atoms with van der Waals surface area (Å²) in [7, 11) is 0. The van der Waals surface area contributed by atoms with Gasteiger partial charge in [0.25, 0.3) is 0 Å². The van der Waals surface area contributed by atoms with Gasteiger partial charge in [-0.3, -0.25) is 4.79 Å². The maximum absolute atomic E-state index is 10.6. The van der Waals surface area contributed by atoms with Gasteiger partial charge >= 0.3 is 0 Å². The first kappa shape index (κ1) is 8.78. The molecule has 0 unspecified atom stereocenters. The van der Waals surface area contributed by atoms with Crippen LogP contribution in [-0.2, 0) is 0 Å². The first-order valence-corrected chi connectivity index (χ1v) is 4.66. The van der Waals surface area contributed by atoms with E-state index in [2.05, 4.69) is 19.9 Å². The molecule has 16 heavy (non-hydrogen) atoms. The highest BCUT2D eigenvalue weighted by atomic mass is 16.1. The standard InChI is InChI=1S/C10H7N5O/c16-4-7-1-2-15(3-7)10-8-9(12-5-11-8)13-6-14-10/h1-6H,(H,11,12,13,14). The minimum Gasteiger partial charge on any atom is -0.340 e. The van der Waals surface area contributed by atoms with Gasteiger partial charge in [0.1, 0.15) is 11.8 Å². The van der Waals surface area contributed by atoms with Gasteiger partial charge in [-0.1, -0.05) is 0 Å². The van der Waals surface area contributed by atoms with Crippen LogP contribution in [0.15, 0.2) is 31.1 Å². The Hall–Kier alpha value is -2.50. The lowest BCUT2D eigenvalue weighted by atomic mass is 10.4. The Morgan fingerprint density at radius 1 is 1.31 bits per heavy atom. The molecule has 0 aliphatic carbocycles. The van der Waals surface area contributed by atoms with Gasteiger partial charge < -0.3 is 9.55 Å². The van der Waals surface area contributed by atoms with Gasteiger partial charge in [-0.2, -0.15) is 0 Å². The molecule has 3 aromatic rings. The molecule has 0 saturated heterocycles. The van der Waals surface area contributed by atoms with Gasteiger partial charge in [-0.05, 0) is 6.07 Å². The van der Waals surface area contributed by atoms with Crippen molar-refractivity contribution in [3.8, 4) is 5.82 Å². The normalized spacial score (nSPS) is 10.8. The zero-order valence-corrected chi connectivity index (χ0v) is 8.16. The third kappa shape index (κ3) is 1.20. The van der Waals surface area contributed by atoms with E-state index in [9.17, 15) is 4.79 Å². The van der Waals surface area contributed by atoms with Crippen molar-refractivity contribution in [1.82, 2.24) is 24.5 Å². The fourth-order valence-electron chi connectivity index (χ4n) is 1.56. The lowest BCUT2D eigenvalue weighted by Crippen LogP contribution is -1.96. The second-order valence-electron chi connectivity index (χ2n) is 3.27. The molecule has 0 spiro atoms. The minimum absolute atomic E-state index is 0.603. The Kier molecular flexibility index (Phi) is 1.79. The number of nitrogens with zero attached hydrogens (tertiary/aromatic N) is 4. The number of aldehydes is 1. The molecular weight excluding hydrogens is 206 g/mol. The number of hydrogen-bond acceptors (Lipinski definition) is 4. The van der Waals surface area contributed by atoms with E-state index in [1.165, 1.54) is 6.33 Å². The average Bonchev–Trinajstić information content (AvgIpc) is 2.97. The molecule has 0 bridgehead atoms. The monoisotopic (exact) mass is 213 g/mol. The van der Waals surface area contributed by atoms with Crippen molar-refractivity contribution in [2.24, 2.45) is 0 Å². The number of nitrogens with one attached hydrogen (secondary N) is 1. The third-order valence-electron chi connectivity index (χ3n) is 2.30. The molecule has 6 nitrogen and oxygen atoms in total. The van der Waals surface area contributed by atoms with Crippen LogP contribution in [0.2, 0.25) is 0 Å². The van der Waals surface area contributed by atoms with E-state index in [0.717, 1.165) is 11.8 Å². The van der Waals surface area contributed by atoms with Crippen LogP contribution < -0.4 is 0 Å². The number of hydrogen-bond donors (Lipinski definition) is 1. The number of rotatable bonds is 2. The number of aromatic nitrogens is 5. The SMILES string of the molecule is O=Cc1ccn(-c2ncnc3nc[nH]c23)c1. The van der Waals surface area contributed by atoms with Gasteiger partial charge in [-0.25, -0.2) is 15.0 Å². The molecule has 78 valence electrons. The Morgan fingerprint density at radius 3 is 3.06 bits per heavy atom. The first-order valence-electron chi connectivity index (χ1n) is 4.66. The lowest BCUT2D eigenvalue weighted by Gasteiger charge is -2.01. The Morgan fingerprint density at radius 2 is 2.25 bits per heavy atom. The fraction of sp³-hybridized carbons (Fsp3) is 0. The number of aromatic amines is 1. The Balaban J connectivity index is 2.24. The fourth-order valence-corrected chi connectivity index (χ4v) is 1.56. The summed E-state index contributed by atoms with van der Waals surface area (Å²) >= 11 is 0. The van der Waals surface area contributed by atoms with E-state index in [1.54, 1.807) is 29.4 Å². The molecule has 3 heterocycles. The van der Waals surface area contributed by atoms with Crippen molar-refractivity contribution in [2.75, 3.05) is 0 Å². The highest BCUT2D eigenvalue weighted by Crippen LogP contribution is 2.14. The molecule has 3 aromatic heterocycles. The zero-order chi connectivity index (χ0) is 11.0. The second kappa shape index (κ2) is 3.27. The second-order valence-corrected chi connectivity index (χ2v) is 3.27. The number of carbonyl (C=O) groups is 1. The van der Waals surface area contributed by atoms with Gasteiger partial charge in [0, 0.05) is 18.0 Å². The summed E-state index contributed by atoms with van der Waals surface area (Å²) in [5.74, 6) is 0.676. The summed E-state index contributed by atoms with van der Waals surface area (Å²) in [6.45, 7) is 0. The van der Waals surface area contributed by atoms with Gasteiger partial charge in [0.2, 0.25) is 0 Å². The molecule has 3 rings (SSSR count). The Bertz CT molecular complexity index is 654. The van der Waals surface area contributed by atoms with Gasteiger partial charge in [0.05, 0.1) is 6.33 Å². The maximum Gasteiger partial charge on any atom is 0.182 e. The van der Waals surface area contributed by atoms with E-state index < -0.39 is 0 Å². The molecule has 0 aliphatic heterocycles. The summed E-state index contributed by atoms with van der Waals surface area (Å²) in [4.78, 5) is 25.8. The van der Waals surface area contributed by atoms with Crippen molar-refractivity contribution >= 4 is 17.5 Å². The van der Waals surface area contributed by atoms with E-state index in [1.807, 2.05) is 0 Å². The molecule has 0 saturated carbocycles. The number of imidazole rings is 1. The van der Waals surface area contributed by atoms with Crippen LogP contribution in [0.5, 0.6) is 0 Å². The smallest absolute Gasteiger partial charge is 0.182 e. The highest BCUT2D eigenvalue weighted by molar-refractivity contribution is 5.79. The summed E-state index contributed by atoms with van der Waals surface area (Å²) in [6, 6.07) is 1.72. The number of carbonyl (C=O) groups excluding carboxylic acids is 1. The van der Waals surface area contributed by atoms with E-state index in [4.69, 9.17) is 0 Å². The number of H-pyrrole nitrogens is 1. The number of fused-ring (bicyclic) bond motifs is 1. The summed E-state index contributed by atoms with van der Waals surface area (Å²) in [5, 5.41) is 0. The minimum atomic E-state index is 0.603. The zero-order valence-electron chi connectivity index (χ0n) is 8.16. The van der Waals surface area contributed by atoms with Crippen molar-refractivity contribution in [3.05, 3.63) is 36.7 Å². The summed E-state index contributed by atoms with van der Waals surface area (Å²) < 4.78 is 1.76. The molecule has 1 N–H and O–H groups in total. The van der Waals surface area contributed by atoms with Crippen LogP contribution in [0.1, 0.15) is 10.4 Å². The first-order chi connectivity index (χ1) is 7.88. The highest BCUT2D eigenvalue weighted by Gasteiger charge is 2.07. The van der Waals surface area contributed by atoms with E-state index in [-0.39, 0.29) is 0 Å². The maximum atomic E-state index is 10.6. The van der Waals surface area contributed by atoms with E-state index >= 15 is 0 Å². The molecule has 0 amide bonds. The van der Waals surface area contributed by atoms with E-state index in [0.29, 0.717) is 17.0 Å². The van der Waals surface area contributed by atoms with Crippen LogP contribution >= 0.6 is 0 Å². The molecule has 6 heteroatoms. The van der Waals surface area contributed by atoms with Crippen LogP contribution in [-0.4, -0.2) is 30.8 Å². The quantitative estimate of drug-likeness (QED) is 0.643. The van der Waals surface area contributed by atoms with Crippen molar-refractivity contribution in [2.45, 2.75) is 0 Å². The molecule has 0 radical (unpaired) electrons. The van der Waals surface area contributed by atoms with Gasteiger partial charge in [-0.15, -0.1) is 0 Å². The van der Waals surface area contributed by atoms with Crippen molar-refractivity contribution in [1.29, 1.82) is 0 Å². The summed E-state index contributed by atoms with van der Waals surface area (Å²) in [5.41, 5.74) is 1.95. The molecular formula is C10H7N5O. The lowest BCUT2D eigenvalue weighted by molar-refractivity contribution is 0.112. The molecule has 0 fully saturated rings. The Labute approximate surface area is 90.0 Å². The largest absolute Gasteiger partial charge is 0.340 e. The molecule has 0 aliphatic rings. The van der Waals surface area contributed by atoms with Crippen LogP contribution in [0, 0.1) is 0 Å². The molecule has 0 aromatic carbocycles. The predicted molar refractivity (Wildman–Crippen MR) is 56.4 cm³/mol. The van der Waals surface area contributed by atoms with Crippen LogP contribution in [0.3, 0.4) is 0 Å². The third-order valence-corrected chi connectivity index (χ3v) is 2.30.